The molecule has 52 heavy (non-hydrogen) atoms. The smallest absolute Gasteiger partial charge is 0.251 e. The number of rotatable bonds is 25. The van der Waals surface area contributed by atoms with Crippen LogP contribution in [0.15, 0.2) is 78.9 Å². The molecule has 0 unspecified atom stereocenters. The second-order valence-electron chi connectivity index (χ2n) is 10.9. The summed E-state index contributed by atoms with van der Waals surface area (Å²) in [5, 5.41) is 24.7. The number of phenols is 1. The highest BCUT2D eigenvalue weighted by atomic mass is 16.5. The third kappa shape index (κ3) is 15.2. The first kappa shape index (κ1) is 39.4. The van der Waals surface area contributed by atoms with Crippen LogP contribution in [0.1, 0.15) is 20.7 Å². The summed E-state index contributed by atoms with van der Waals surface area (Å²) in [6, 6.07) is 22.4. The molecule has 16 heteroatoms. The second kappa shape index (κ2) is 23.2. The Labute approximate surface area is 302 Å². The summed E-state index contributed by atoms with van der Waals surface area (Å²) >= 11 is 0. The van der Waals surface area contributed by atoms with Crippen molar-refractivity contribution >= 4 is 41.0 Å². The van der Waals surface area contributed by atoms with E-state index < -0.39 is 0 Å². The standard InChI is InChI=1S/C36H46N8O8/c1-48-21-22-52-26-25-50-19-16-38-33(47)28-7-9-29(10-8-28)40-35-42-34(43-36(44-35)41-30-11-13-31(45)14-12-30)39-17-20-51-24-23-49-18-15-37-32(46)27-5-3-2-4-6-27/h2-14,45H,15-26H2,1H3,(H,37,46)(H,38,47)(H3,39,40,41,42,43,44). The van der Waals surface area contributed by atoms with Gasteiger partial charge in [0.25, 0.3) is 11.8 Å². The molecule has 0 aliphatic carbocycles. The van der Waals surface area contributed by atoms with Crippen molar-refractivity contribution in [1.82, 2.24) is 25.6 Å². The van der Waals surface area contributed by atoms with E-state index in [1.165, 1.54) is 0 Å². The molecule has 0 aliphatic rings. The number of amides is 2. The van der Waals surface area contributed by atoms with E-state index in [0.29, 0.717) is 108 Å². The first-order chi connectivity index (χ1) is 25.5. The van der Waals surface area contributed by atoms with Crippen molar-refractivity contribution in [3.63, 3.8) is 0 Å². The molecule has 0 radical (unpaired) electrons. The molecule has 278 valence electrons. The first-order valence-electron chi connectivity index (χ1n) is 16.8. The van der Waals surface area contributed by atoms with Crippen molar-refractivity contribution in [2.24, 2.45) is 0 Å². The van der Waals surface area contributed by atoms with Gasteiger partial charge in [-0.05, 0) is 60.7 Å². The normalized spacial score (nSPS) is 10.8. The van der Waals surface area contributed by atoms with Gasteiger partial charge in [0.1, 0.15) is 5.75 Å². The molecule has 0 atom stereocenters. The van der Waals surface area contributed by atoms with Crippen LogP contribution in [0.3, 0.4) is 0 Å². The number of nitrogens with one attached hydrogen (secondary N) is 5. The average molecular weight is 719 g/mol. The van der Waals surface area contributed by atoms with Crippen LogP contribution in [0.5, 0.6) is 5.75 Å². The van der Waals surface area contributed by atoms with Gasteiger partial charge in [-0.2, -0.15) is 15.0 Å². The number of carbonyl (C=O) groups is 2. The van der Waals surface area contributed by atoms with Crippen LogP contribution >= 0.6 is 0 Å². The third-order valence-corrected chi connectivity index (χ3v) is 6.97. The van der Waals surface area contributed by atoms with Crippen molar-refractivity contribution in [2.75, 3.05) is 102 Å². The highest BCUT2D eigenvalue weighted by molar-refractivity contribution is 5.94. The Morgan fingerprint density at radius 3 is 1.52 bits per heavy atom. The summed E-state index contributed by atoms with van der Waals surface area (Å²) in [7, 11) is 1.62. The Bertz CT molecular complexity index is 1620. The minimum Gasteiger partial charge on any atom is -0.508 e. The van der Waals surface area contributed by atoms with Crippen LogP contribution in [0.25, 0.3) is 0 Å². The number of hydrogen-bond donors (Lipinski definition) is 6. The molecular formula is C36H46N8O8. The van der Waals surface area contributed by atoms with Crippen LogP contribution in [0.2, 0.25) is 0 Å². The van der Waals surface area contributed by atoms with Gasteiger partial charge in [-0.15, -0.1) is 0 Å². The Kier molecular flexibility index (Phi) is 17.5. The number of anilines is 5. The molecule has 2 amide bonds. The molecule has 6 N–H and O–H groups in total. The predicted octanol–water partition coefficient (Wildman–Crippen LogP) is 3.35. The van der Waals surface area contributed by atoms with Gasteiger partial charge in [-0.25, -0.2) is 0 Å². The van der Waals surface area contributed by atoms with Crippen LogP contribution in [0, 0.1) is 0 Å². The lowest BCUT2D eigenvalue weighted by molar-refractivity contribution is 0.0255. The molecule has 0 saturated heterocycles. The number of nitrogens with zero attached hydrogens (tertiary/aromatic N) is 3. The fourth-order valence-corrected chi connectivity index (χ4v) is 4.36. The lowest BCUT2D eigenvalue weighted by Gasteiger charge is -2.12. The minimum absolute atomic E-state index is 0.135. The molecule has 0 bridgehead atoms. The molecule has 3 aromatic carbocycles. The van der Waals surface area contributed by atoms with Gasteiger partial charge >= 0.3 is 0 Å². The van der Waals surface area contributed by atoms with Gasteiger partial charge < -0.3 is 55.4 Å². The summed E-state index contributed by atoms with van der Waals surface area (Å²) in [6.07, 6.45) is 0. The summed E-state index contributed by atoms with van der Waals surface area (Å²) in [6.45, 7) is 4.97. The highest BCUT2D eigenvalue weighted by Gasteiger charge is 2.10. The predicted molar refractivity (Wildman–Crippen MR) is 196 cm³/mol. The lowest BCUT2D eigenvalue weighted by atomic mass is 10.2. The number of hydrogen-bond acceptors (Lipinski definition) is 14. The zero-order chi connectivity index (χ0) is 36.6. The topological polar surface area (TPSA) is 199 Å². The van der Waals surface area contributed by atoms with E-state index in [1.807, 2.05) is 18.2 Å². The Balaban J connectivity index is 1.20. The maximum Gasteiger partial charge on any atom is 0.251 e. The number of carbonyl (C=O) groups excluding carboxylic acids is 2. The van der Waals surface area contributed by atoms with Gasteiger partial charge in [0, 0.05) is 49.2 Å². The Hall–Kier alpha value is -5.39. The maximum atomic E-state index is 12.6. The highest BCUT2D eigenvalue weighted by Crippen LogP contribution is 2.21. The Morgan fingerprint density at radius 1 is 0.538 bits per heavy atom. The van der Waals surface area contributed by atoms with Crippen molar-refractivity contribution in [3.8, 4) is 5.75 Å². The monoisotopic (exact) mass is 718 g/mol. The second-order valence-corrected chi connectivity index (χ2v) is 10.9. The van der Waals surface area contributed by atoms with Crippen molar-refractivity contribution in [1.29, 1.82) is 0 Å². The van der Waals surface area contributed by atoms with E-state index in [4.69, 9.17) is 23.7 Å². The van der Waals surface area contributed by atoms with Gasteiger partial charge in [-0.3, -0.25) is 9.59 Å². The Morgan fingerprint density at radius 2 is 0.981 bits per heavy atom. The van der Waals surface area contributed by atoms with E-state index in [9.17, 15) is 14.7 Å². The third-order valence-electron chi connectivity index (χ3n) is 6.97. The molecule has 0 spiro atoms. The molecule has 1 heterocycles. The lowest BCUT2D eigenvalue weighted by Crippen LogP contribution is -2.27. The van der Waals surface area contributed by atoms with Crippen molar-refractivity contribution in [2.45, 2.75) is 0 Å². The summed E-state index contributed by atoms with van der Waals surface area (Å²) in [5.41, 5.74) is 2.42. The number of aromatic nitrogens is 3. The van der Waals surface area contributed by atoms with Crippen LogP contribution in [-0.2, 0) is 23.7 Å². The molecule has 16 nitrogen and oxygen atoms in total. The average Bonchev–Trinajstić information content (AvgIpc) is 3.16. The quantitative estimate of drug-likeness (QED) is 0.0431. The molecular weight excluding hydrogens is 672 g/mol. The minimum atomic E-state index is -0.223. The molecule has 1 aromatic heterocycles. The van der Waals surface area contributed by atoms with Crippen LogP contribution < -0.4 is 26.6 Å². The van der Waals surface area contributed by atoms with Crippen molar-refractivity contribution < 1.29 is 38.4 Å². The maximum absolute atomic E-state index is 12.6. The van der Waals surface area contributed by atoms with Gasteiger partial charge in [0.05, 0.1) is 59.5 Å². The van der Waals surface area contributed by atoms with Crippen LogP contribution in [0.4, 0.5) is 29.2 Å². The fraction of sp³-hybridized carbons (Fsp3) is 0.361. The number of ether oxygens (including phenoxy) is 5. The number of benzene rings is 3. The van der Waals surface area contributed by atoms with E-state index >= 15 is 0 Å². The summed E-state index contributed by atoms with van der Waals surface area (Å²) in [5.74, 6) is 0.590. The van der Waals surface area contributed by atoms with E-state index in [2.05, 4.69) is 41.5 Å². The van der Waals surface area contributed by atoms with Crippen LogP contribution in [-0.4, -0.2) is 118 Å². The molecule has 0 aliphatic heterocycles. The van der Waals surface area contributed by atoms with Crippen molar-refractivity contribution in [3.05, 3.63) is 90.0 Å². The molecule has 4 aromatic rings. The van der Waals surface area contributed by atoms with Gasteiger partial charge in [0.2, 0.25) is 17.8 Å². The number of phenolic OH excluding ortho intramolecular Hbond substituents is 1. The van der Waals surface area contributed by atoms with Gasteiger partial charge in [-0.1, -0.05) is 18.2 Å². The summed E-state index contributed by atoms with van der Waals surface area (Å²) < 4.78 is 26.9. The first-order valence-corrected chi connectivity index (χ1v) is 16.8. The van der Waals surface area contributed by atoms with E-state index in [0.717, 1.165) is 0 Å². The summed E-state index contributed by atoms with van der Waals surface area (Å²) in [4.78, 5) is 38.1. The molecule has 0 saturated carbocycles. The molecule has 4 rings (SSSR count). The van der Waals surface area contributed by atoms with E-state index in [1.54, 1.807) is 67.8 Å². The van der Waals surface area contributed by atoms with Gasteiger partial charge in [0.15, 0.2) is 0 Å². The van der Waals surface area contributed by atoms with E-state index in [-0.39, 0.29) is 29.5 Å². The zero-order valence-electron chi connectivity index (χ0n) is 29.1. The molecule has 0 fully saturated rings. The SMILES string of the molecule is COCCOCCOCCNC(=O)c1ccc(Nc2nc(NCCOCCOCCNC(=O)c3ccccc3)nc(Nc3ccc(O)cc3)n2)cc1. The number of methoxy groups -OCH3 is 1. The largest absolute Gasteiger partial charge is 0.508 e. The zero-order valence-corrected chi connectivity index (χ0v) is 29.1. The fourth-order valence-electron chi connectivity index (χ4n) is 4.36. The number of aromatic hydroxyl groups is 1.